The molecule has 78 valence electrons. The van der Waals surface area contributed by atoms with E-state index in [0.29, 0.717) is 6.61 Å². The van der Waals surface area contributed by atoms with Crippen molar-refractivity contribution in [3.63, 3.8) is 0 Å². The van der Waals surface area contributed by atoms with E-state index in [1.807, 2.05) is 13.8 Å². The highest BCUT2D eigenvalue weighted by Gasteiger charge is 2.31. The van der Waals surface area contributed by atoms with E-state index in [0.717, 1.165) is 0 Å². The van der Waals surface area contributed by atoms with Crippen LogP contribution in [0.15, 0.2) is 0 Å². The van der Waals surface area contributed by atoms with Crippen LogP contribution in [0.1, 0.15) is 13.8 Å². The summed E-state index contributed by atoms with van der Waals surface area (Å²) in [5.74, 6) is -0.196. The van der Waals surface area contributed by atoms with Crippen LogP contribution in [-0.2, 0) is 18.5 Å². The molecule has 1 atom stereocenters. The summed E-state index contributed by atoms with van der Waals surface area (Å²) in [7, 11) is 1.59. The number of rotatable bonds is 2. The van der Waals surface area contributed by atoms with E-state index >= 15 is 0 Å². The molecule has 0 aliphatic carbocycles. The van der Waals surface area contributed by atoms with E-state index in [-0.39, 0.29) is 12.4 Å². The molecule has 0 saturated carbocycles. The van der Waals surface area contributed by atoms with Gasteiger partial charge in [0.15, 0.2) is 0 Å². The highest BCUT2D eigenvalue weighted by atomic mass is 35.7. The summed E-state index contributed by atoms with van der Waals surface area (Å²) in [6, 6.07) is 0. The SMILES string of the molecule is CC1(C)COCC(CS(=O)(=O)Cl)O1. The molecule has 1 rings (SSSR count). The molecule has 0 N–H and O–H groups in total. The van der Waals surface area contributed by atoms with Gasteiger partial charge in [-0.2, -0.15) is 0 Å². The summed E-state index contributed by atoms with van der Waals surface area (Å²) in [6.07, 6.45) is -0.453. The zero-order chi connectivity index (χ0) is 10.1. The predicted molar refractivity (Wildman–Crippen MR) is 49.4 cm³/mol. The minimum absolute atomic E-state index is 0.196. The van der Waals surface area contributed by atoms with Crippen molar-refractivity contribution in [2.24, 2.45) is 0 Å². The van der Waals surface area contributed by atoms with Gasteiger partial charge >= 0.3 is 0 Å². The highest BCUT2D eigenvalue weighted by molar-refractivity contribution is 8.13. The first-order chi connectivity index (χ1) is 5.79. The third-order valence-corrected chi connectivity index (χ3v) is 2.77. The van der Waals surface area contributed by atoms with Gasteiger partial charge in [-0.3, -0.25) is 0 Å². The third kappa shape index (κ3) is 4.26. The van der Waals surface area contributed by atoms with E-state index in [1.165, 1.54) is 0 Å². The van der Waals surface area contributed by atoms with Crippen LogP contribution < -0.4 is 0 Å². The molecule has 0 aromatic carbocycles. The molecule has 1 heterocycles. The maximum atomic E-state index is 10.7. The summed E-state index contributed by atoms with van der Waals surface area (Å²) in [6.45, 7) is 4.46. The molecule has 1 aliphatic heterocycles. The molecule has 1 saturated heterocycles. The lowest BCUT2D eigenvalue weighted by molar-refractivity contribution is -0.174. The van der Waals surface area contributed by atoms with Crippen LogP contribution in [0.4, 0.5) is 0 Å². The molecule has 0 spiro atoms. The lowest BCUT2D eigenvalue weighted by Gasteiger charge is -2.35. The molecule has 0 amide bonds. The van der Waals surface area contributed by atoms with Crippen LogP contribution in [0.3, 0.4) is 0 Å². The highest BCUT2D eigenvalue weighted by Crippen LogP contribution is 2.20. The maximum Gasteiger partial charge on any atom is 0.235 e. The van der Waals surface area contributed by atoms with E-state index in [2.05, 4.69) is 0 Å². The van der Waals surface area contributed by atoms with Crippen molar-refractivity contribution in [2.75, 3.05) is 19.0 Å². The fourth-order valence-electron chi connectivity index (χ4n) is 1.26. The second kappa shape index (κ2) is 3.73. The van der Waals surface area contributed by atoms with Gasteiger partial charge in [-0.15, -0.1) is 0 Å². The molecule has 1 fully saturated rings. The van der Waals surface area contributed by atoms with Gasteiger partial charge in [0.05, 0.1) is 30.7 Å². The van der Waals surface area contributed by atoms with Crippen LogP contribution >= 0.6 is 10.7 Å². The number of hydrogen-bond donors (Lipinski definition) is 0. The Morgan fingerprint density at radius 2 is 2.15 bits per heavy atom. The first-order valence-corrected chi connectivity index (χ1v) is 6.44. The second-order valence-electron chi connectivity index (χ2n) is 3.72. The van der Waals surface area contributed by atoms with Gasteiger partial charge in [0, 0.05) is 10.7 Å². The average Bonchev–Trinajstić information content (AvgIpc) is 1.79. The first kappa shape index (κ1) is 11.2. The zero-order valence-corrected chi connectivity index (χ0v) is 9.19. The number of hydrogen-bond acceptors (Lipinski definition) is 4. The number of ether oxygens (including phenoxy) is 2. The van der Waals surface area contributed by atoms with E-state index in [1.54, 1.807) is 0 Å². The largest absolute Gasteiger partial charge is 0.376 e. The minimum atomic E-state index is -3.51. The number of halogens is 1. The molecular formula is C7H13ClO4S. The van der Waals surface area contributed by atoms with Gasteiger partial charge in [-0.05, 0) is 13.8 Å². The molecule has 13 heavy (non-hydrogen) atoms. The predicted octanol–water partition coefficient (Wildman–Crippen LogP) is 0.749. The molecule has 0 radical (unpaired) electrons. The molecule has 1 unspecified atom stereocenters. The van der Waals surface area contributed by atoms with Crippen molar-refractivity contribution in [1.82, 2.24) is 0 Å². The topological polar surface area (TPSA) is 52.6 Å². The fraction of sp³-hybridized carbons (Fsp3) is 1.00. The molecule has 4 nitrogen and oxygen atoms in total. The molecule has 0 aromatic rings. The Balaban J connectivity index is 2.53. The Labute approximate surface area is 82.6 Å². The molecule has 0 aromatic heterocycles. The van der Waals surface area contributed by atoms with E-state index in [4.69, 9.17) is 20.2 Å². The Bertz CT molecular complexity index is 272. The van der Waals surface area contributed by atoms with E-state index < -0.39 is 20.8 Å². The van der Waals surface area contributed by atoms with Gasteiger partial charge in [-0.25, -0.2) is 8.42 Å². The van der Waals surface area contributed by atoms with Crippen molar-refractivity contribution in [2.45, 2.75) is 25.6 Å². The normalized spacial score (nSPS) is 28.7. The Morgan fingerprint density at radius 1 is 1.54 bits per heavy atom. The fourth-order valence-corrected chi connectivity index (χ4v) is 2.29. The summed E-state index contributed by atoms with van der Waals surface area (Å²) >= 11 is 0. The van der Waals surface area contributed by atoms with Gasteiger partial charge in [0.25, 0.3) is 0 Å². The van der Waals surface area contributed by atoms with Crippen LogP contribution in [0.5, 0.6) is 0 Å². The summed E-state index contributed by atoms with van der Waals surface area (Å²) < 4.78 is 32.1. The van der Waals surface area contributed by atoms with E-state index in [9.17, 15) is 8.42 Å². The molecular weight excluding hydrogens is 216 g/mol. The van der Waals surface area contributed by atoms with Gasteiger partial charge in [0.1, 0.15) is 0 Å². The smallest absolute Gasteiger partial charge is 0.235 e. The van der Waals surface area contributed by atoms with Gasteiger partial charge in [-0.1, -0.05) is 0 Å². The van der Waals surface area contributed by atoms with Crippen molar-refractivity contribution >= 4 is 19.7 Å². The lowest BCUT2D eigenvalue weighted by atomic mass is 10.1. The minimum Gasteiger partial charge on any atom is -0.376 e. The molecule has 6 heteroatoms. The summed E-state index contributed by atoms with van der Waals surface area (Å²) in [5, 5.41) is 0. The Morgan fingerprint density at radius 3 is 2.62 bits per heavy atom. The van der Waals surface area contributed by atoms with Crippen molar-refractivity contribution < 1.29 is 17.9 Å². The van der Waals surface area contributed by atoms with Crippen molar-refractivity contribution in [3.8, 4) is 0 Å². The first-order valence-electron chi connectivity index (χ1n) is 3.96. The second-order valence-corrected chi connectivity index (χ2v) is 6.54. The standard InChI is InChI=1S/C7H13ClO4S/c1-7(2)5-11-3-6(12-7)4-13(8,9)10/h6H,3-5H2,1-2H3. The summed E-state index contributed by atoms with van der Waals surface area (Å²) in [5.41, 5.74) is -0.426. The molecule has 1 aliphatic rings. The van der Waals surface area contributed by atoms with Crippen LogP contribution in [0, 0.1) is 0 Å². The molecule has 0 bridgehead atoms. The maximum absolute atomic E-state index is 10.7. The Kier molecular flexibility index (Phi) is 3.22. The zero-order valence-electron chi connectivity index (χ0n) is 7.62. The Hall–Kier alpha value is 0.160. The van der Waals surface area contributed by atoms with Crippen LogP contribution in [-0.4, -0.2) is 39.1 Å². The van der Waals surface area contributed by atoms with Crippen molar-refractivity contribution in [1.29, 1.82) is 0 Å². The quantitative estimate of drug-likeness (QED) is 0.655. The van der Waals surface area contributed by atoms with Crippen molar-refractivity contribution in [3.05, 3.63) is 0 Å². The van der Waals surface area contributed by atoms with Crippen LogP contribution in [0.25, 0.3) is 0 Å². The average molecular weight is 229 g/mol. The van der Waals surface area contributed by atoms with Gasteiger partial charge < -0.3 is 9.47 Å². The monoisotopic (exact) mass is 228 g/mol. The van der Waals surface area contributed by atoms with Gasteiger partial charge in [0.2, 0.25) is 9.05 Å². The third-order valence-electron chi connectivity index (χ3n) is 1.62. The summed E-state index contributed by atoms with van der Waals surface area (Å²) in [4.78, 5) is 0. The van der Waals surface area contributed by atoms with Crippen LogP contribution in [0.2, 0.25) is 0 Å². The lowest BCUT2D eigenvalue weighted by Crippen LogP contribution is -2.45.